The van der Waals surface area contributed by atoms with Gasteiger partial charge in [0.2, 0.25) is 0 Å². The van der Waals surface area contributed by atoms with Crippen LogP contribution in [0.2, 0.25) is 0 Å². The molecule has 2 aliphatic heterocycles. The van der Waals surface area contributed by atoms with Gasteiger partial charge in [0, 0.05) is 47.3 Å². The van der Waals surface area contributed by atoms with Crippen molar-refractivity contribution >= 4 is 22.6 Å². The van der Waals surface area contributed by atoms with Crippen LogP contribution in [0.3, 0.4) is 0 Å². The van der Waals surface area contributed by atoms with Crippen molar-refractivity contribution in [3.05, 3.63) is 113 Å². The van der Waals surface area contributed by atoms with E-state index in [9.17, 15) is 9.59 Å². The lowest BCUT2D eigenvalue weighted by molar-refractivity contribution is 0.0919. The Bertz CT molecular complexity index is 1570. The molecule has 2 fully saturated rings. The largest absolute Gasteiger partial charge is 0.349 e. The number of pyridine rings is 1. The van der Waals surface area contributed by atoms with E-state index in [0.29, 0.717) is 30.0 Å². The third kappa shape index (κ3) is 5.19. The minimum Gasteiger partial charge on any atom is -0.349 e. The minimum absolute atomic E-state index is 0.0140. The Labute approximate surface area is 242 Å². The van der Waals surface area contributed by atoms with Gasteiger partial charge >= 0.3 is 0 Å². The first-order valence-electron chi connectivity index (χ1n) is 15.3. The molecule has 1 saturated heterocycles. The summed E-state index contributed by atoms with van der Waals surface area (Å²) in [5.74, 6) is 0.922. The molecule has 3 aromatic carbocycles. The van der Waals surface area contributed by atoms with Crippen molar-refractivity contribution in [1.29, 1.82) is 0 Å². The molecule has 1 aliphatic carbocycles. The number of nitrogens with zero attached hydrogens (tertiary/aromatic N) is 2. The average Bonchev–Trinajstić information content (AvgIpc) is 3.56. The molecule has 1 amide bonds. The van der Waals surface area contributed by atoms with Gasteiger partial charge in [0.15, 0.2) is 5.78 Å². The molecule has 5 nitrogen and oxygen atoms in total. The summed E-state index contributed by atoms with van der Waals surface area (Å²) in [6.45, 7) is 1.11. The second-order valence-corrected chi connectivity index (χ2v) is 12.1. The zero-order valence-corrected chi connectivity index (χ0v) is 23.5. The van der Waals surface area contributed by atoms with E-state index in [1.807, 2.05) is 66.7 Å². The van der Waals surface area contributed by atoms with Crippen LogP contribution in [0.25, 0.3) is 10.9 Å². The summed E-state index contributed by atoms with van der Waals surface area (Å²) in [5, 5.41) is 4.22. The zero-order valence-electron chi connectivity index (χ0n) is 23.5. The van der Waals surface area contributed by atoms with Gasteiger partial charge in [-0.1, -0.05) is 54.6 Å². The fourth-order valence-electron chi connectivity index (χ4n) is 7.56. The normalized spacial score (nSPS) is 23.4. The molecular formula is C36H37N3O2. The summed E-state index contributed by atoms with van der Waals surface area (Å²) in [7, 11) is 0. The molecule has 3 heterocycles. The van der Waals surface area contributed by atoms with Crippen molar-refractivity contribution in [2.24, 2.45) is 5.92 Å². The molecule has 7 rings (SSSR count). The SMILES string of the molecule is O=C(Cc1ccccc1)c1ccc2c(c1)[C@H]1CC[C@@H]2N1CC[C@H]1CC[C@H](NC(=O)c2cccc3ncccc23)CC1. The highest BCUT2D eigenvalue weighted by Crippen LogP contribution is 2.53. The number of carbonyl (C=O) groups is 2. The number of carbonyl (C=O) groups excluding carboxylic acids is 2. The van der Waals surface area contributed by atoms with E-state index in [0.717, 1.165) is 54.3 Å². The second-order valence-electron chi connectivity index (χ2n) is 12.1. The molecule has 0 spiro atoms. The van der Waals surface area contributed by atoms with E-state index in [1.165, 1.54) is 30.4 Å². The number of ketones is 1. The molecule has 1 saturated carbocycles. The number of fused-ring (bicyclic) bond motifs is 6. The highest BCUT2D eigenvalue weighted by Gasteiger charge is 2.43. The van der Waals surface area contributed by atoms with Gasteiger partial charge in [-0.05, 0) is 98.4 Å². The maximum absolute atomic E-state index is 13.1. The van der Waals surface area contributed by atoms with Gasteiger partial charge in [-0.15, -0.1) is 0 Å². The van der Waals surface area contributed by atoms with Crippen LogP contribution in [0.5, 0.6) is 0 Å². The fraction of sp³-hybridized carbons (Fsp3) is 0.361. The summed E-state index contributed by atoms with van der Waals surface area (Å²) < 4.78 is 0. The molecule has 4 aromatic rings. The predicted octanol–water partition coefficient (Wildman–Crippen LogP) is 7.23. The van der Waals surface area contributed by atoms with Gasteiger partial charge in [-0.2, -0.15) is 0 Å². The van der Waals surface area contributed by atoms with Gasteiger partial charge in [-0.3, -0.25) is 19.5 Å². The average molecular weight is 544 g/mol. The lowest BCUT2D eigenvalue weighted by Gasteiger charge is -2.31. The summed E-state index contributed by atoms with van der Waals surface area (Å²) in [4.78, 5) is 33.2. The van der Waals surface area contributed by atoms with Crippen LogP contribution in [0.15, 0.2) is 85.1 Å². The first-order chi connectivity index (χ1) is 20.1. The smallest absolute Gasteiger partial charge is 0.252 e. The number of Topliss-reactive ketones (excluding diaryl/α,β-unsaturated/α-hetero) is 1. The molecule has 2 bridgehead atoms. The lowest BCUT2D eigenvalue weighted by Crippen LogP contribution is -2.38. The van der Waals surface area contributed by atoms with Crippen LogP contribution in [-0.2, 0) is 6.42 Å². The number of rotatable bonds is 8. The van der Waals surface area contributed by atoms with Gasteiger partial charge in [-0.25, -0.2) is 0 Å². The Kier molecular flexibility index (Phi) is 7.14. The van der Waals surface area contributed by atoms with Crippen LogP contribution in [0.4, 0.5) is 0 Å². The summed E-state index contributed by atoms with van der Waals surface area (Å²) in [5.41, 5.74) is 6.31. The molecule has 41 heavy (non-hydrogen) atoms. The highest BCUT2D eigenvalue weighted by atomic mass is 16.1. The first kappa shape index (κ1) is 26.1. The second kappa shape index (κ2) is 11.2. The number of aromatic nitrogens is 1. The van der Waals surface area contributed by atoms with Gasteiger partial charge in [0.05, 0.1) is 5.52 Å². The van der Waals surface area contributed by atoms with Crippen LogP contribution < -0.4 is 5.32 Å². The molecule has 208 valence electrons. The van der Waals surface area contributed by atoms with Crippen molar-refractivity contribution in [3.63, 3.8) is 0 Å². The third-order valence-electron chi connectivity index (χ3n) is 9.72. The molecule has 0 radical (unpaired) electrons. The van der Waals surface area contributed by atoms with E-state index in [4.69, 9.17) is 0 Å². The standard InChI is InChI=1S/C36H37N3O2/c40-35(22-25-6-2-1-3-7-25)26-13-16-29-31(23-26)34-18-17-33(29)39(34)21-19-24-11-14-27(15-12-24)38-36(41)30-8-4-10-32-28(30)9-5-20-37-32/h1-10,13,16,20,23-24,27,33-34H,11-12,14-15,17-19,21-22H2,(H,38,41)/t24-,27-,33-,34+/m0/s1. The lowest BCUT2D eigenvalue weighted by atomic mass is 9.84. The van der Waals surface area contributed by atoms with Gasteiger partial charge in [0.1, 0.15) is 0 Å². The van der Waals surface area contributed by atoms with E-state index < -0.39 is 0 Å². The molecule has 2 atom stereocenters. The van der Waals surface area contributed by atoms with Crippen LogP contribution in [-0.4, -0.2) is 34.2 Å². The quantitative estimate of drug-likeness (QED) is 0.238. The number of hydrogen-bond acceptors (Lipinski definition) is 4. The molecule has 1 N–H and O–H groups in total. The Morgan fingerprint density at radius 3 is 2.44 bits per heavy atom. The predicted molar refractivity (Wildman–Crippen MR) is 162 cm³/mol. The van der Waals surface area contributed by atoms with Crippen LogP contribution >= 0.6 is 0 Å². The summed E-state index contributed by atoms with van der Waals surface area (Å²) >= 11 is 0. The molecule has 5 heteroatoms. The van der Waals surface area contributed by atoms with E-state index in [1.54, 1.807) is 6.20 Å². The molecule has 0 unspecified atom stereocenters. The van der Waals surface area contributed by atoms with Crippen LogP contribution in [0, 0.1) is 5.92 Å². The molecule has 1 aromatic heterocycles. The van der Waals surface area contributed by atoms with E-state index in [2.05, 4.69) is 27.3 Å². The monoisotopic (exact) mass is 543 g/mol. The van der Waals surface area contributed by atoms with Crippen molar-refractivity contribution in [1.82, 2.24) is 15.2 Å². The third-order valence-corrected chi connectivity index (χ3v) is 9.72. The number of amides is 1. The molecule has 3 aliphatic rings. The first-order valence-corrected chi connectivity index (χ1v) is 15.3. The summed E-state index contributed by atoms with van der Waals surface area (Å²) in [6.07, 6.45) is 10.2. The number of benzene rings is 3. The van der Waals surface area contributed by atoms with Crippen molar-refractivity contribution < 1.29 is 9.59 Å². The zero-order chi connectivity index (χ0) is 27.8. The molecular weight excluding hydrogens is 506 g/mol. The fourth-order valence-corrected chi connectivity index (χ4v) is 7.56. The Balaban J connectivity index is 0.926. The van der Waals surface area contributed by atoms with E-state index in [-0.39, 0.29) is 17.7 Å². The maximum atomic E-state index is 13.1. The number of nitrogens with one attached hydrogen (secondary N) is 1. The Hall–Kier alpha value is -3.83. The Morgan fingerprint density at radius 2 is 1.61 bits per heavy atom. The van der Waals surface area contributed by atoms with Gasteiger partial charge < -0.3 is 5.32 Å². The Morgan fingerprint density at radius 1 is 0.805 bits per heavy atom. The number of hydrogen-bond donors (Lipinski definition) is 1. The van der Waals surface area contributed by atoms with Crippen LogP contribution in [0.1, 0.15) is 94.4 Å². The van der Waals surface area contributed by atoms with E-state index >= 15 is 0 Å². The van der Waals surface area contributed by atoms with Crippen molar-refractivity contribution in [2.75, 3.05) is 6.54 Å². The highest BCUT2D eigenvalue weighted by molar-refractivity contribution is 6.06. The van der Waals surface area contributed by atoms with Gasteiger partial charge in [0.25, 0.3) is 5.91 Å². The van der Waals surface area contributed by atoms with Crippen molar-refractivity contribution in [3.8, 4) is 0 Å². The van der Waals surface area contributed by atoms with Crippen molar-refractivity contribution in [2.45, 2.75) is 69.5 Å². The maximum Gasteiger partial charge on any atom is 0.252 e. The minimum atomic E-state index is 0.0140. The summed E-state index contributed by atoms with van der Waals surface area (Å²) in [6, 6.07) is 27.3. The topological polar surface area (TPSA) is 62.3 Å².